The van der Waals surface area contributed by atoms with Crippen LogP contribution in [0.2, 0.25) is 0 Å². The van der Waals surface area contributed by atoms with Crippen molar-refractivity contribution in [2.24, 2.45) is 4.99 Å². The molecule has 0 N–H and O–H groups in total. The Morgan fingerprint density at radius 2 is 1.89 bits per heavy atom. The zero-order valence-electron chi connectivity index (χ0n) is 12.9. The van der Waals surface area contributed by atoms with Crippen molar-refractivity contribution < 1.29 is 0 Å². The summed E-state index contributed by atoms with van der Waals surface area (Å²) in [5.74, 6) is 0. The minimum atomic E-state index is 1.04. The summed E-state index contributed by atoms with van der Waals surface area (Å²) in [5.41, 5.74) is 6.99. The van der Waals surface area contributed by atoms with Crippen molar-refractivity contribution in [1.29, 1.82) is 0 Å². The lowest BCUT2D eigenvalue weighted by molar-refractivity contribution is 0.909. The molecule has 0 unspecified atom stereocenters. The quantitative estimate of drug-likeness (QED) is 0.490. The van der Waals surface area contributed by atoms with Crippen molar-refractivity contribution >= 4 is 5.71 Å². The molecule has 0 atom stereocenters. The highest BCUT2D eigenvalue weighted by Gasteiger charge is 2.02. The average molecular weight is 255 g/mol. The normalized spacial score (nSPS) is 13.2. The van der Waals surface area contributed by atoms with E-state index in [1.54, 1.807) is 0 Å². The second-order valence-corrected chi connectivity index (χ2v) is 5.13. The standard InChI is InChI=1S/C18H25N/c1-7-9-14(3)15(4)16(5)19-17(6)18-11-8-10-13(2)12-18/h8,10-12H,3,7,9H2,1-2,4-6H3/b16-15+,19-17?. The molecule has 0 fully saturated rings. The van der Waals surface area contributed by atoms with Gasteiger partial charge in [0.05, 0.1) is 0 Å². The van der Waals surface area contributed by atoms with E-state index in [-0.39, 0.29) is 0 Å². The Morgan fingerprint density at radius 1 is 1.21 bits per heavy atom. The number of nitrogens with zero attached hydrogens (tertiary/aromatic N) is 1. The van der Waals surface area contributed by atoms with Gasteiger partial charge in [-0.25, -0.2) is 0 Å². The van der Waals surface area contributed by atoms with Crippen LogP contribution in [-0.2, 0) is 0 Å². The van der Waals surface area contributed by atoms with Gasteiger partial charge in [-0.3, -0.25) is 4.99 Å². The van der Waals surface area contributed by atoms with Gasteiger partial charge in [-0.2, -0.15) is 0 Å². The summed E-state index contributed by atoms with van der Waals surface area (Å²) in [5, 5.41) is 0. The average Bonchev–Trinajstić information content (AvgIpc) is 2.37. The van der Waals surface area contributed by atoms with Crippen molar-refractivity contribution in [2.75, 3.05) is 0 Å². The molecule has 1 rings (SSSR count). The zero-order chi connectivity index (χ0) is 14.4. The molecule has 0 spiro atoms. The molecule has 1 aromatic rings. The molecule has 1 nitrogen and oxygen atoms in total. The van der Waals surface area contributed by atoms with Crippen LogP contribution in [0.4, 0.5) is 0 Å². The largest absolute Gasteiger partial charge is 0.258 e. The lowest BCUT2D eigenvalue weighted by atomic mass is 10.0. The van der Waals surface area contributed by atoms with Gasteiger partial charge in [-0.15, -0.1) is 0 Å². The maximum absolute atomic E-state index is 4.73. The summed E-state index contributed by atoms with van der Waals surface area (Å²) in [6, 6.07) is 8.46. The molecular formula is C18H25N. The number of rotatable bonds is 5. The fourth-order valence-corrected chi connectivity index (χ4v) is 2.02. The highest BCUT2D eigenvalue weighted by Crippen LogP contribution is 2.19. The van der Waals surface area contributed by atoms with Gasteiger partial charge in [0.15, 0.2) is 0 Å². The Kier molecular flexibility index (Phi) is 5.75. The van der Waals surface area contributed by atoms with Crippen molar-refractivity contribution in [3.8, 4) is 0 Å². The number of benzene rings is 1. The smallest absolute Gasteiger partial charge is 0.0448 e. The molecular weight excluding hydrogens is 230 g/mol. The maximum atomic E-state index is 4.73. The monoisotopic (exact) mass is 255 g/mol. The molecule has 0 amide bonds. The molecule has 0 aliphatic rings. The summed E-state index contributed by atoms with van der Waals surface area (Å²) >= 11 is 0. The lowest BCUT2D eigenvalue weighted by Gasteiger charge is -2.08. The molecule has 0 aliphatic heterocycles. The lowest BCUT2D eigenvalue weighted by Crippen LogP contribution is -1.97. The number of allylic oxidation sites excluding steroid dienone is 3. The van der Waals surface area contributed by atoms with Gasteiger partial charge in [0.1, 0.15) is 0 Å². The number of aryl methyl sites for hydroxylation is 1. The number of hydrogen-bond donors (Lipinski definition) is 0. The van der Waals surface area contributed by atoms with E-state index in [0.717, 1.165) is 24.3 Å². The Morgan fingerprint density at radius 3 is 2.47 bits per heavy atom. The first-order valence-corrected chi connectivity index (χ1v) is 6.93. The Bertz CT molecular complexity index is 518. The van der Waals surface area contributed by atoms with Crippen LogP contribution in [0.25, 0.3) is 0 Å². The van der Waals surface area contributed by atoms with E-state index >= 15 is 0 Å². The Balaban J connectivity index is 3.01. The highest BCUT2D eigenvalue weighted by molar-refractivity contribution is 5.99. The molecule has 0 radical (unpaired) electrons. The third kappa shape index (κ3) is 4.51. The summed E-state index contributed by atoms with van der Waals surface area (Å²) in [4.78, 5) is 4.73. The van der Waals surface area contributed by atoms with Gasteiger partial charge in [-0.1, -0.05) is 55.3 Å². The van der Waals surface area contributed by atoms with Gasteiger partial charge < -0.3 is 0 Å². The van der Waals surface area contributed by atoms with E-state index in [1.165, 1.54) is 22.3 Å². The van der Waals surface area contributed by atoms with Gasteiger partial charge in [0.25, 0.3) is 0 Å². The molecule has 19 heavy (non-hydrogen) atoms. The van der Waals surface area contributed by atoms with Crippen molar-refractivity contribution in [2.45, 2.75) is 47.5 Å². The SMILES string of the molecule is C=C(CCC)/C(C)=C(\C)N=C(C)c1cccc(C)c1. The Hall–Kier alpha value is -1.63. The van der Waals surface area contributed by atoms with Crippen molar-refractivity contribution in [3.63, 3.8) is 0 Å². The van der Waals surface area contributed by atoms with Crippen LogP contribution in [0.3, 0.4) is 0 Å². The molecule has 1 heteroatoms. The van der Waals surface area contributed by atoms with Crippen LogP contribution in [0.15, 0.2) is 52.7 Å². The molecule has 0 saturated carbocycles. The summed E-state index contributed by atoms with van der Waals surface area (Å²) in [6.45, 7) is 14.7. The van der Waals surface area contributed by atoms with Crippen LogP contribution in [0, 0.1) is 6.92 Å². The van der Waals surface area contributed by atoms with E-state index in [4.69, 9.17) is 4.99 Å². The second-order valence-electron chi connectivity index (χ2n) is 5.13. The second kappa shape index (κ2) is 7.08. The fraction of sp³-hybridized carbons (Fsp3) is 0.389. The highest BCUT2D eigenvalue weighted by atomic mass is 14.7. The summed E-state index contributed by atoms with van der Waals surface area (Å²) in [6.07, 6.45) is 2.17. The number of aliphatic imine (C=N–C) groups is 1. The van der Waals surface area contributed by atoms with E-state index in [0.29, 0.717) is 0 Å². The minimum Gasteiger partial charge on any atom is -0.258 e. The van der Waals surface area contributed by atoms with E-state index < -0.39 is 0 Å². The third-order valence-electron chi connectivity index (χ3n) is 3.40. The van der Waals surface area contributed by atoms with E-state index in [1.807, 2.05) is 0 Å². The van der Waals surface area contributed by atoms with Gasteiger partial charge >= 0.3 is 0 Å². The van der Waals surface area contributed by atoms with Gasteiger partial charge in [0, 0.05) is 11.4 Å². The molecule has 102 valence electrons. The Labute approximate surface area is 117 Å². The third-order valence-corrected chi connectivity index (χ3v) is 3.40. The molecule has 0 heterocycles. The summed E-state index contributed by atoms with van der Waals surface area (Å²) < 4.78 is 0. The molecule has 0 aliphatic carbocycles. The van der Waals surface area contributed by atoms with Crippen molar-refractivity contribution in [1.82, 2.24) is 0 Å². The number of hydrogen-bond acceptors (Lipinski definition) is 1. The predicted molar refractivity (Wildman–Crippen MR) is 85.8 cm³/mol. The van der Waals surface area contributed by atoms with Crippen LogP contribution >= 0.6 is 0 Å². The van der Waals surface area contributed by atoms with Crippen LogP contribution < -0.4 is 0 Å². The fourth-order valence-electron chi connectivity index (χ4n) is 2.02. The topological polar surface area (TPSA) is 12.4 Å². The molecule has 1 aromatic carbocycles. The van der Waals surface area contributed by atoms with Crippen molar-refractivity contribution in [3.05, 3.63) is 58.8 Å². The van der Waals surface area contributed by atoms with Crippen LogP contribution in [0.1, 0.15) is 51.7 Å². The predicted octanol–water partition coefficient (Wildman–Crippen LogP) is 5.45. The first-order chi connectivity index (χ1) is 8.95. The van der Waals surface area contributed by atoms with E-state index in [2.05, 4.69) is 65.5 Å². The summed E-state index contributed by atoms with van der Waals surface area (Å²) in [7, 11) is 0. The van der Waals surface area contributed by atoms with Crippen LogP contribution in [0.5, 0.6) is 0 Å². The maximum Gasteiger partial charge on any atom is 0.0448 e. The first-order valence-electron chi connectivity index (χ1n) is 6.93. The van der Waals surface area contributed by atoms with Gasteiger partial charge in [0.2, 0.25) is 0 Å². The van der Waals surface area contributed by atoms with Gasteiger partial charge in [-0.05, 0) is 45.3 Å². The molecule has 0 saturated heterocycles. The first kappa shape index (κ1) is 15.4. The van der Waals surface area contributed by atoms with Crippen LogP contribution in [-0.4, -0.2) is 5.71 Å². The molecule has 0 bridgehead atoms. The van der Waals surface area contributed by atoms with E-state index in [9.17, 15) is 0 Å². The minimum absolute atomic E-state index is 1.04. The molecule has 0 aromatic heterocycles. The zero-order valence-corrected chi connectivity index (χ0v) is 12.9.